The maximum absolute atomic E-state index is 14.6. The Hall–Kier alpha value is -4.33. The van der Waals surface area contributed by atoms with Crippen LogP contribution in [-0.4, -0.2) is 76.9 Å². The van der Waals surface area contributed by atoms with E-state index in [4.69, 9.17) is 28.4 Å². The predicted octanol–water partition coefficient (Wildman–Crippen LogP) is 6.46. The first-order chi connectivity index (χ1) is 24.5. The van der Waals surface area contributed by atoms with Gasteiger partial charge in [-0.3, -0.25) is 24.0 Å². The molecule has 1 aromatic carbocycles. The highest BCUT2D eigenvalue weighted by molar-refractivity contribution is 5.78. The molecule has 2 heterocycles. The average molecular weight is 761 g/mol. The number of nitrogens with zero attached hydrogens (tertiary/aromatic N) is 2. The Labute approximate surface area is 317 Å². The number of benzene rings is 1. The molecule has 0 amide bonds. The van der Waals surface area contributed by atoms with Crippen LogP contribution in [0.15, 0.2) is 18.2 Å². The van der Waals surface area contributed by atoms with Crippen molar-refractivity contribution in [2.45, 2.75) is 141 Å². The lowest BCUT2D eigenvalue weighted by Gasteiger charge is -2.45. The highest BCUT2D eigenvalue weighted by Gasteiger charge is 2.56. The molecule has 0 N–H and O–H groups in total. The van der Waals surface area contributed by atoms with Gasteiger partial charge in [0.1, 0.15) is 18.5 Å². The fraction of sp³-hybridized carbons (Fsp3) is 0.650. The van der Waals surface area contributed by atoms with E-state index in [-0.39, 0.29) is 12.3 Å². The van der Waals surface area contributed by atoms with Crippen LogP contribution >= 0.6 is 0 Å². The summed E-state index contributed by atoms with van der Waals surface area (Å²) >= 11 is 0. The van der Waals surface area contributed by atoms with E-state index in [1.165, 1.54) is 13.0 Å². The molecule has 5 atom stereocenters. The largest absolute Gasteiger partial charge is 0.462 e. The van der Waals surface area contributed by atoms with Gasteiger partial charge < -0.3 is 28.4 Å². The maximum atomic E-state index is 14.6. The van der Waals surface area contributed by atoms with Crippen molar-refractivity contribution in [3.05, 3.63) is 46.4 Å². The van der Waals surface area contributed by atoms with Crippen molar-refractivity contribution in [3.8, 4) is 5.88 Å². The van der Waals surface area contributed by atoms with Crippen LogP contribution in [0.3, 0.4) is 0 Å². The summed E-state index contributed by atoms with van der Waals surface area (Å²) in [6, 6.07) is 4.72. The molecular formula is C40H57FN2O11. The lowest BCUT2D eigenvalue weighted by molar-refractivity contribution is -0.294. The van der Waals surface area contributed by atoms with E-state index in [0.717, 1.165) is 4.68 Å². The predicted molar refractivity (Wildman–Crippen MR) is 195 cm³/mol. The van der Waals surface area contributed by atoms with Crippen molar-refractivity contribution in [2.75, 3.05) is 6.61 Å². The van der Waals surface area contributed by atoms with Crippen LogP contribution in [0.25, 0.3) is 0 Å². The number of halogens is 1. The first-order valence-corrected chi connectivity index (χ1v) is 18.0. The average Bonchev–Trinajstić information content (AvgIpc) is 3.32. The molecule has 300 valence electrons. The zero-order valence-electron chi connectivity index (χ0n) is 34.3. The Morgan fingerprint density at radius 3 is 1.69 bits per heavy atom. The molecule has 0 bridgehead atoms. The van der Waals surface area contributed by atoms with Crippen molar-refractivity contribution in [3.63, 3.8) is 0 Å². The molecule has 1 saturated heterocycles. The normalized spacial score (nSPS) is 20.9. The molecule has 14 heteroatoms. The summed E-state index contributed by atoms with van der Waals surface area (Å²) in [7, 11) is 0. The van der Waals surface area contributed by atoms with Gasteiger partial charge >= 0.3 is 23.9 Å². The van der Waals surface area contributed by atoms with Gasteiger partial charge in [-0.2, -0.15) is 0 Å². The molecule has 2 aromatic rings. The molecular weight excluding hydrogens is 703 g/mol. The number of aromatic nitrogens is 2. The summed E-state index contributed by atoms with van der Waals surface area (Å²) in [5, 5.41) is 4.41. The Morgan fingerprint density at radius 1 is 0.741 bits per heavy atom. The highest BCUT2D eigenvalue weighted by Crippen LogP contribution is 2.36. The molecule has 0 radical (unpaired) electrons. The number of carbonyl (C=O) groups is 5. The molecule has 13 nitrogen and oxygen atoms in total. The number of hydrogen-bond acceptors (Lipinski definition) is 12. The van der Waals surface area contributed by atoms with Crippen molar-refractivity contribution >= 4 is 29.8 Å². The number of carbonyl (C=O) groups excluding carboxylic acids is 5. The second-order valence-electron chi connectivity index (χ2n) is 17.9. The molecule has 1 aliphatic heterocycles. The summed E-state index contributed by atoms with van der Waals surface area (Å²) in [5.41, 5.74) is -2.35. The summed E-state index contributed by atoms with van der Waals surface area (Å²) in [4.78, 5) is 66.5. The summed E-state index contributed by atoms with van der Waals surface area (Å²) in [5.74, 6) is -3.77. The van der Waals surface area contributed by atoms with Crippen LogP contribution in [-0.2, 0) is 49.3 Å². The number of hydrogen-bond donors (Lipinski definition) is 0. The van der Waals surface area contributed by atoms with Gasteiger partial charge in [0.25, 0.3) is 0 Å². The molecule has 54 heavy (non-hydrogen) atoms. The molecule has 1 aliphatic rings. The van der Waals surface area contributed by atoms with Gasteiger partial charge in [-0.25, -0.2) is 9.07 Å². The third kappa shape index (κ3) is 10.9. The topological polar surface area (TPSA) is 159 Å². The van der Waals surface area contributed by atoms with Crippen molar-refractivity contribution in [2.24, 2.45) is 21.7 Å². The third-order valence-corrected chi connectivity index (χ3v) is 8.50. The van der Waals surface area contributed by atoms with Crippen molar-refractivity contribution < 1.29 is 56.8 Å². The maximum Gasteiger partial charge on any atom is 0.311 e. The van der Waals surface area contributed by atoms with Crippen LogP contribution in [0.5, 0.6) is 5.88 Å². The lowest BCUT2D eigenvalue weighted by atomic mass is 9.93. The number of esters is 4. The Bertz CT molecular complexity index is 1740. The van der Waals surface area contributed by atoms with Gasteiger partial charge in [0, 0.05) is 18.9 Å². The molecule has 0 saturated carbocycles. The van der Waals surface area contributed by atoms with E-state index in [0.29, 0.717) is 22.4 Å². The zero-order valence-corrected chi connectivity index (χ0v) is 34.3. The van der Waals surface area contributed by atoms with Gasteiger partial charge in [0.05, 0.1) is 27.4 Å². The minimum atomic E-state index is -1.64. The standard InChI is InChI=1S/C40H57FN2O11/c1-21-16-17-24(19-26(21)41)18-25-22(2)43(23(3)44)42-31(25)54-32-30(53-36(48)40(13,14)15)29(52-35(47)39(10,11)12)28(51-34(46)38(7,8)9)27(50-32)20-49-33(45)37(4,5)6/h16-17,19,27-30,32H,18,20H2,1-15H3/t27-,28-,29+,30-,32-/m1/s1. The molecule has 0 spiro atoms. The zero-order chi connectivity index (χ0) is 41.3. The van der Waals surface area contributed by atoms with Crippen molar-refractivity contribution in [1.82, 2.24) is 9.78 Å². The van der Waals surface area contributed by atoms with Crippen LogP contribution < -0.4 is 4.74 Å². The quantitative estimate of drug-likeness (QED) is 0.203. The third-order valence-electron chi connectivity index (χ3n) is 8.50. The van der Waals surface area contributed by atoms with Gasteiger partial charge in [-0.15, -0.1) is 5.10 Å². The Morgan fingerprint density at radius 2 is 1.22 bits per heavy atom. The second-order valence-corrected chi connectivity index (χ2v) is 17.9. The molecule has 0 aliphatic carbocycles. The highest BCUT2D eigenvalue weighted by atomic mass is 19.1. The van der Waals surface area contributed by atoms with Crippen LogP contribution in [0.4, 0.5) is 4.39 Å². The first kappa shape index (κ1) is 44.1. The van der Waals surface area contributed by atoms with E-state index < -0.39 is 94.6 Å². The first-order valence-electron chi connectivity index (χ1n) is 18.0. The molecule has 3 rings (SSSR count). The minimum Gasteiger partial charge on any atom is -0.462 e. The minimum absolute atomic E-state index is 0.0751. The van der Waals surface area contributed by atoms with Crippen LogP contribution in [0.1, 0.15) is 117 Å². The van der Waals surface area contributed by atoms with Gasteiger partial charge in [-0.1, -0.05) is 12.1 Å². The van der Waals surface area contributed by atoms with Gasteiger partial charge in [0.2, 0.25) is 24.2 Å². The number of rotatable bonds is 9. The van der Waals surface area contributed by atoms with Crippen molar-refractivity contribution in [1.29, 1.82) is 0 Å². The van der Waals surface area contributed by atoms with Gasteiger partial charge in [0.15, 0.2) is 12.2 Å². The smallest absolute Gasteiger partial charge is 0.311 e. The lowest BCUT2D eigenvalue weighted by Crippen LogP contribution is -2.65. The Balaban J connectivity index is 2.28. The van der Waals surface area contributed by atoms with E-state index in [2.05, 4.69) is 5.10 Å². The Kier molecular flexibility index (Phi) is 13.2. The molecule has 0 unspecified atom stereocenters. The molecule has 1 aromatic heterocycles. The number of aryl methyl sites for hydroxylation is 1. The van der Waals surface area contributed by atoms with Crippen LogP contribution in [0, 0.1) is 41.3 Å². The number of ether oxygens (including phenoxy) is 6. The summed E-state index contributed by atoms with van der Waals surface area (Å²) in [6.07, 6.45) is -7.52. The summed E-state index contributed by atoms with van der Waals surface area (Å²) < 4.78 is 52.4. The summed E-state index contributed by atoms with van der Waals surface area (Å²) in [6.45, 7) is 23.7. The van der Waals surface area contributed by atoms with Crippen LogP contribution in [0.2, 0.25) is 0 Å². The fourth-order valence-corrected chi connectivity index (χ4v) is 4.96. The SMILES string of the molecule is CC(=O)n1nc(O[C@H]2O[C@H](COC(=O)C(C)(C)C)[C@@H](OC(=O)C(C)(C)C)[C@H](OC(=O)C(C)(C)C)[C@H]2OC(=O)C(C)(C)C)c(Cc2ccc(C)c(F)c2)c1C. The monoisotopic (exact) mass is 760 g/mol. The van der Waals surface area contributed by atoms with Gasteiger partial charge in [-0.05, 0) is 114 Å². The van der Waals surface area contributed by atoms with E-state index in [1.807, 2.05) is 0 Å². The second kappa shape index (κ2) is 16.2. The fourth-order valence-electron chi connectivity index (χ4n) is 4.96. The molecule has 1 fully saturated rings. The van der Waals surface area contributed by atoms with E-state index in [1.54, 1.807) is 109 Å². The van der Waals surface area contributed by atoms with E-state index in [9.17, 15) is 28.4 Å². The van der Waals surface area contributed by atoms with E-state index >= 15 is 0 Å².